The SMILES string of the molecule is COC(=O)[C@@H]1[C@H](OC(=O)c2ccccc2)C[C@H]2CC[C@@H]1[N+]2(C)C. The number of ether oxygens (including phenoxy) is 2. The minimum atomic E-state index is -0.404. The average Bonchev–Trinajstić information content (AvgIpc) is 2.73. The fourth-order valence-corrected chi connectivity index (χ4v) is 4.29. The highest BCUT2D eigenvalue weighted by Crippen LogP contribution is 2.44. The molecule has 0 spiro atoms. The first-order valence-corrected chi connectivity index (χ1v) is 8.12. The maximum Gasteiger partial charge on any atom is 0.338 e. The standard InChI is InChI=1S/C18H24NO4/c1-19(2)13-9-10-14(19)16(18(21)22-3)15(11-13)23-17(20)12-7-5-4-6-8-12/h4-8,13-16H,9-11H2,1-3H3/q+1/t13-,14+,15-,16+/m1/s1. The Kier molecular flexibility index (Phi) is 4.15. The highest BCUT2D eigenvalue weighted by atomic mass is 16.6. The Morgan fingerprint density at radius 3 is 2.48 bits per heavy atom. The molecule has 3 rings (SSSR count). The molecule has 23 heavy (non-hydrogen) atoms. The lowest BCUT2D eigenvalue weighted by Gasteiger charge is -2.47. The van der Waals surface area contributed by atoms with Crippen LogP contribution in [0, 0.1) is 5.92 Å². The van der Waals surface area contributed by atoms with Gasteiger partial charge in [0.2, 0.25) is 0 Å². The van der Waals surface area contributed by atoms with Crippen molar-refractivity contribution in [1.29, 1.82) is 0 Å². The van der Waals surface area contributed by atoms with Gasteiger partial charge >= 0.3 is 11.9 Å². The fourth-order valence-electron chi connectivity index (χ4n) is 4.29. The van der Waals surface area contributed by atoms with E-state index in [0.717, 1.165) is 17.3 Å². The van der Waals surface area contributed by atoms with Crippen LogP contribution < -0.4 is 0 Å². The summed E-state index contributed by atoms with van der Waals surface area (Å²) in [5, 5.41) is 0. The molecule has 0 N–H and O–H groups in total. The summed E-state index contributed by atoms with van der Waals surface area (Å²) in [6.07, 6.45) is 2.34. The van der Waals surface area contributed by atoms with Crippen molar-refractivity contribution in [2.45, 2.75) is 37.5 Å². The molecule has 1 aromatic rings. The van der Waals surface area contributed by atoms with E-state index in [1.807, 2.05) is 6.07 Å². The van der Waals surface area contributed by atoms with Crippen LogP contribution in [0.3, 0.4) is 0 Å². The lowest BCUT2D eigenvalue weighted by atomic mass is 9.85. The summed E-state index contributed by atoms with van der Waals surface area (Å²) in [6, 6.07) is 9.50. The zero-order valence-corrected chi connectivity index (χ0v) is 13.9. The van der Waals surface area contributed by atoms with E-state index in [2.05, 4.69) is 14.1 Å². The van der Waals surface area contributed by atoms with E-state index in [0.29, 0.717) is 18.0 Å². The molecular formula is C18H24NO4+. The number of esters is 2. The smallest absolute Gasteiger partial charge is 0.338 e. The number of hydrogen-bond acceptors (Lipinski definition) is 4. The van der Waals surface area contributed by atoms with E-state index < -0.39 is 6.10 Å². The molecule has 0 aromatic heterocycles. The first-order valence-electron chi connectivity index (χ1n) is 8.12. The minimum absolute atomic E-state index is 0.148. The number of carbonyl (C=O) groups excluding carboxylic acids is 2. The molecule has 0 aliphatic carbocycles. The predicted octanol–water partition coefficient (Wildman–Crippen LogP) is 2.01. The Hall–Kier alpha value is -1.88. The largest absolute Gasteiger partial charge is 0.469 e. The molecule has 0 saturated carbocycles. The van der Waals surface area contributed by atoms with Gasteiger partial charge < -0.3 is 14.0 Å². The van der Waals surface area contributed by atoms with Crippen molar-refractivity contribution in [2.24, 2.45) is 5.92 Å². The van der Waals surface area contributed by atoms with Gasteiger partial charge in [-0.25, -0.2) is 4.79 Å². The molecule has 0 unspecified atom stereocenters. The van der Waals surface area contributed by atoms with Gasteiger partial charge in [-0.15, -0.1) is 0 Å². The number of methoxy groups -OCH3 is 1. The van der Waals surface area contributed by atoms with Crippen molar-refractivity contribution in [3.8, 4) is 0 Å². The Morgan fingerprint density at radius 2 is 1.83 bits per heavy atom. The summed E-state index contributed by atoms with van der Waals surface area (Å²) < 4.78 is 11.6. The summed E-state index contributed by atoms with van der Waals surface area (Å²) in [7, 11) is 5.72. The van der Waals surface area contributed by atoms with Crippen molar-refractivity contribution in [1.82, 2.24) is 0 Å². The molecule has 0 radical (unpaired) electrons. The van der Waals surface area contributed by atoms with Crippen LogP contribution in [0.25, 0.3) is 0 Å². The summed E-state index contributed by atoms with van der Waals surface area (Å²) in [6.45, 7) is 0. The van der Waals surface area contributed by atoms with Gasteiger partial charge in [-0.05, 0) is 12.1 Å². The van der Waals surface area contributed by atoms with Crippen LogP contribution in [0.1, 0.15) is 29.6 Å². The highest BCUT2D eigenvalue weighted by molar-refractivity contribution is 5.89. The molecule has 0 amide bonds. The second-order valence-corrected chi connectivity index (χ2v) is 7.02. The predicted molar refractivity (Wildman–Crippen MR) is 84.7 cm³/mol. The van der Waals surface area contributed by atoms with E-state index in [-0.39, 0.29) is 23.9 Å². The third-order valence-electron chi connectivity index (χ3n) is 5.65. The molecule has 5 nitrogen and oxygen atoms in total. The molecule has 2 fully saturated rings. The average molecular weight is 318 g/mol. The number of quaternary nitrogens is 1. The van der Waals surface area contributed by atoms with Gasteiger partial charge in [-0.2, -0.15) is 0 Å². The molecule has 2 heterocycles. The van der Waals surface area contributed by atoms with Gasteiger partial charge in [0.05, 0.1) is 32.8 Å². The van der Waals surface area contributed by atoms with Crippen LogP contribution in [0.5, 0.6) is 0 Å². The number of benzene rings is 1. The maximum atomic E-state index is 12.4. The van der Waals surface area contributed by atoms with E-state index in [4.69, 9.17) is 9.47 Å². The summed E-state index contributed by atoms with van der Waals surface area (Å²) in [5.41, 5.74) is 0.516. The summed E-state index contributed by atoms with van der Waals surface area (Å²) in [5.74, 6) is -1.02. The highest BCUT2D eigenvalue weighted by Gasteiger charge is 2.58. The van der Waals surface area contributed by atoms with Crippen molar-refractivity contribution in [2.75, 3.05) is 21.2 Å². The molecule has 2 aliphatic heterocycles. The third kappa shape index (κ3) is 2.74. The lowest BCUT2D eigenvalue weighted by molar-refractivity contribution is -0.934. The molecule has 2 aliphatic rings. The Morgan fingerprint density at radius 1 is 1.13 bits per heavy atom. The number of carbonyl (C=O) groups is 2. The first kappa shape index (κ1) is 16.0. The van der Waals surface area contributed by atoms with Crippen LogP contribution in [0.15, 0.2) is 30.3 Å². The Labute approximate surface area is 136 Å². The normalized spacial score (nSPS) is 31.4. The Balaban J connectivity index is 1.83. The van der Waals surface area contributed by atoms with Gasteiger partial charge in [0.25, 0.3) is 0 Å². The topological polar surface area (TPSA) is 52.6 Å². The van der Waals surface area contributed by atoms with Crippen LogP contribution in [0.2, 0.25) is 0 Å². The Bertz CT molecular complexity index is 598. The lowest BCUT2D eigenvalue weighted by Crippen LogP contribution is -2.62. The zero-order chi connectivity index (χ0) is 16.6. The number of rotatable bonds is 3. The first-order chi connectivity index (χ1) is 10.9. The quantitative estimate of drug-likeness (QED) is 0.632. The van der Waals surface area contributed by atoms with Crippen molar-refractivity contribution < 1.29 is 23.5 Å². The van der Waals surface area contributed by atoms with Crippen molar-refractivity contribution >= 4 is 11.9 Å². The van der Waals surface area contributed by atoms with Gasteiger partial charge in [-0.1, -0.05) is 18.2 Å². The van der Waals surface area contributed by atoms with Crippen LogP contribution >= 0.6 is 0 Å². The number of nitrogens with zero attached hydrogens (tertiary/aromatic N) is 1. The molecular weight excluding hydrogens is 294 g/mol. The van der Waals surface area contributed by atoms with Crippen LogP contribution in [-0.4, -0.2) is 55.8 Å². The van der Waals surface area contributed by atoms with Gasteiger partial charge in [-0.3, -0.25) is 4.79 Å². The van der Waals surface area contributed by atoms with E-state index in [1.165, 1.54) is 7.11 Å². The van der Waals surface area contributed by atoms with E-state index in [9.17, 15) is 9.59 Å². The molecule has 5 heteroatoms. The molecule has 124 valence electrons. The molecule has 2 saturated heterocycles. The van der Waals surface area contributed by atoms with Crippen LogP contribution in [0.4, 0.5) is 0 Å². The zero-order valence-electron chi connectivity index (χ0n) is 13.9. The van der Waals surface area contributed by atoms with Gasteiger partial charge in [0, 0.05) is 19.3 Å². The second-order valence-electron chi connectivity index (χ2n) is 7.02. The fraction of sp³-hybridized carbons (Fsp3) is 0.556. The second kappa shape index (κ2) is 5.96. The van der Waals surface area contributed by atoms with E-state index >= 15 is 0 Å². The maximum absolute atomic E-state index is 12.4. The summed E-state index contributed by atoms with van der Waals surface area (Å²) in [4.78, 5) is 24.7. The molecule has 1 aromatic carbocycles. The monoisotopic (exact) mass is 318 g/mol. The number of fused-ring (bicyclic) bond motifs is 2. The third-order valence-corrected chi connectivity index (χ3v) is 5.65. The van der Waals surface area contributed by atoms with Crippen molar-refractivity contribution in [3.63, 3.8) is 0 Å². The van der Waals surface area contributed by atoms with Crippen LogP contribution in [-0.2, 0) is 14.3 Å². The molecule has 4 atom stereocenters. The summed E-state index contributed by atoms with van der Waals surface area (Å²) >= 11 is 0. The van der Waals surface area contributed by atoms with Crippen molar-refractivity contribution in [3.05, 3.63) is 35.9 Å². The number of piperidine rings is 1. The minimum Gasteiger partial charge on any atom is -0.469 e. The van der Waals surface area contributed by atoms with Gasteiger partial charge in [0.15, 0.2) is 0 Å². The number of hydrogen-bond donors (Lipinski definition) is 0. The molecule has 2 bridgehead atoms. The van der Waals surface area contributed by atoms with Gasteiger partial charge in [0.1, 0.15) is 18.1 Å². The van der Waals surface area contributed by atoms with E-state index in [1.54, 1.807) is 24.3 Å².